The molecule has 2 aliphatic heterocycles. The summed E-state index contributed by atoms with van der Waals surface area (Å²) in [4.78, 5) is 31.6. The van der Waals surface area contributed by atoms with Gasteiger partial charge in [-0.05, 0) is 37.1 Å². The van der Waals surface area contributed by atoms with Crippen LogP contribution in [0.15, 0.2) is 54.2 Å². The van der Waals surface area contributed by atoms with Crippen LogP contribution >= 0.6 is 0 Å². The number of amides is 1. The average molecular weight is 444 g/mol. The Morgan fingerprint density at radius 2 is 1.76 bits per heavy atom. The Labute approximate surface area is 190 Å². The summed E-state index contributed by atoms with van der Waals surface area (Å²) in [6, 6.07) is 12.2. The lowest BCUT2D eigenvalue weighted by Crippen LogP contribution is -2.37. The van der Waals surface area contributed by atoms with Crippen molar-refractivity contribution in [2.24, 2.45) is 0 Å². The first-order chi connectivity index (χ1) is 16.1. The zero-order valence-corrected chi connectivity index (χ0v) is 18.0. The molecule has 168 valence electrons. The quantitative estimate of drug-likeness (QED) is 0.357. The van der Waals surface area contributed by atoms with Gasteiger partial charge < -0.3 is 24.5 Å². The fourth-order valence-electron chi connectivity index (χ4n) is 5.38. The molecule has 7 nitrogen and oxygen atoms in total. The Morgan fingerprint density at radius 1 is 1.00 bits per heavy atom. The number of Topliss-reactive ketones (excluding diaryl/α,β-unsaturated/α-hetero) is 1. The van der Waals surface area contributed by atoms with E-state index in [-0.39, 0.29) is 17.4 Å². The Kier molecular flexibility index (Phi) is 4.64. The van der Waals surface area contributed by atoms with Gasteiger partial charge in [0.1, 0.15) is 19.0 Å². The topological polar surface area (TPSA) is 91.9 Å². The summed E-state index contributed by atoms with van der Waals surface area (Å²) in [5, 5.41) is 12.3. The highest BCUT2D eigenvalue weighted by atomic mass is 16.6. The minimum atomic E-state index is -0.655. The van der Waals surface area contributed by atoms with Crippen LogP contribution in [0.3, 0.4) is 0 Å². The fourth-order valence-corrected chi connectivity index (χ4v) is 5.38. The molecule has 1 aliphatic carbocycles. The summed E-state index contributed by atoms with van der Waals surface area (Å²) in [6.45, 7) is 0.879. The third kappa shape index (κ3) is 3.10. The molecule has 1 unspecified atom stereocenters. The Hall–Kier alpha value is -3.74. The SMILES string of the molecule is O=C1C(=O)N(C2CCCC2)C(c2c[nH]c3ccccc23)/C1=C(\O)c1ccc2c(c1)OCCO2. The highest BCUT2D eigenvalue weighted by molar-refractivity contribution is 6.46. The van der Waals surface area contributed by atoms with Crippen molar-refractivity contribution in [3.05, 3.63) is 65.4 Å². The minimum Gasteiger partial charge on any atom is -0.507 e. The maximum absolute atomic E-state index is 13.3. The van der Waals surface area contributed by atoms with Crippen LogP contribution in [0, 0.1) is 0 Å². The van der Waals surface area contributed by atoms with Crippen LogP contribution in [-0.4, -0.2) is 45.9 Å². The Morgan fingerprint density at radius 3 is 2.58 bits per heavy atom. The standard InChI is InChI=1S/C26H24N2O5/c29-24(15-9-10-20-21(13-15)33-12-11-32-20)22-23(18-14-27-19-8-4-3-7-17(18)19)28(26(31)25(22)30)16-5-1-2-6-16/h3-4,7-10,13-14,16,23,27,29H,1-2,5-6,11-12H2/b24-22+. The number of carbonyl (C=O) groups is 2. The van der Waals surface area contributed by atoms with Crippen LogP contribution in [-0.2, 0) is 9.59 Å². The molecule has 2 N–H and O–H groups in total. The number of hydrogen-bond donors (Lipinski definition) is 2. The second kappa shape index (κ2) is 7.69. The first-order valence-corrected chi connectivity index (χ1v) is 11.4. The van der Waals surface area contributed by atoms with E-state index < -0.39 is 17.7 Å². The first-order valence-electron chi connectivity index (χ1n) is 11.4. The fraction of sp³-hybridized carbons (Fsp3) is 0.308. The lowest BCUT2D eigenvalue weighted by Gasteiger charge is -2.30. The third-order valence-corrected chi connectivity index (χ3v) is 6.93. The molecule has 0 spiro atoms. The molecule has 1 saturated heterocycles. The molecule has 6 rings (SSSR count). The normalized spacial score (nSPS) is 22.4. The van der Waals surface area contributed by atoms with Crippen molar-refractivity contribution in [3.8, 4) is 11.5 Å². The monoisotopic (exact) mass is 444 g/mol. The van der Waals surface area contributed by atoms with Crippen molar-refractivity contribution in [1.29, 1.82) is 0 Å². The average Bonchev–Trinajstić information content (AvgIpc) is 3.57. The summed E-state index contributed by atoms with van der Waals surface area (Å²) < 4.78 is 11.2. The molecule has 3 heterocycles. The van der Waals surface area contributed by atoms with Crippen molar-refractivity contribution < 1.29 is 24.2 Å². The summed E-state index contributed by atoms with van der Waals surface area (Å²) in [5.41, 5.74) is 2.28. The molecule has 2 aromatic carbocycles. The zero-order chi connectivity index (χ0) is 22.5. The van der Waals surface area contributed by atoms with Crippen molar-refractivity contribution in [2.45, 2.75) is 37.8 Å². The molecule has 7 heteroatoms. The molecule has 1 amide bonds. The number of ketones is 1. The Bertz CT molecular complexity index is 1300. The summed E-state index contributed by atoms with van der Waals surface area (Å²) in [6.07, 6.45) is 5.61. The number of benzene rings is 2. The zero-order valence-electron chi connectivity index (χ0n) is 18.0. The summed E-state index contributed by atoms with van der Waals surface area (Å²) >= 11 is 0. The van der Waals surface area contributed by atoms with Crippen molar-refractivity contribution >= 4 is 28.4 Å². The van der Waals surface area contributed by atoms with Crippen molar-refractivity contribution in [1.82, 2.24) is 9.88 Å². The van der Waals surface area contributed by atoms with Gasteiger partial charge in [0, 0.05) is 34.3 Å². The number of nitrogens with zero attached hydrogens (tertiary/aromatic N) is 1. The predicted molar refractivity (Wildman–Crippen MR) is 122 cm³/mol. The number of aliphatic hydroxyl groups is 1. The van der Waals surface area contributed by atoms with Gasteiger partial charge >= 0.3 is 0 Å². The summed E-state index contributed by atoms with van der Waals surface area (Å²) in [5.74, 6) is -0.279. The molecular formula is C26H24N2O5. The van der Waals surface area contributed by atoms with E-state index >= 15 is 0 Å². The van der Waals surface area contributed by atoms with Gasteiger partial charge in [0.05, 0.1) is 11.6 Å². The number of fused-ring (bicyclic) bond motifs is 2. The molecule has 0 bridgehead atoms. The smallest absolute Gasteiger partial charge is 0.295 e. The van der Waals surface area contributed by atoms with Gasteiger partial charge in [-0.2, -0.15) is 0 Å². The van der Waals surface area contributed by atoms with Gasteiger partial charge in [0.15, 0.2) is 11.5 Å². The van der Waals surface area contributed by atoms with Gasteiger partial charge in [-0.3, -0.25) is 9.59 Å². The van der Waals surface area contributed by atoms with Crippen LogP contribution in [0.1, 0.15) is 42.9 Å². The number of carbonyl (C=O) groups excluding carboxylic acids is 2. The minimum absolute atomic E-state index is 0.0225. The highest BCUT2D eigenvalue weighted by Gasteiger charge is 2.49. The number of nitrogens with one attached hydrogen (secondary N) is 1. The highest BCUT2D eigenvalue weighted by Crippen LogP contribution is 2.46. The summed E-state index contributed by atoms with van der Waals surface area (Å²) in [7, 11) is 0. The lowest BCUT2D eigenvalue weighted by molar-refractivity contribution is -0.141. The number of aromatic nitrogens is 1. The van der Waals surface area contributed by atoms with E-state index in [1.165, 1.54) is 0 Å². The van der Waals surface area contributed by atoms with E-state index in [2.05, 4.69) is 4.98 Å². The number of rotatable bonds is 3. The second-order valence-electron chi connectivity index (χ2n) is 8.79. The van der Waals surface area contributed by atoms with Crippen molar-refractivity contribution in [2.75, 3.05) is 13.2 Å². The van der Waals surface area contributed by atoms with Crippen LogP contribution < -0.4 is 9.47 Å². The van der Waals surface area contributed by atoms with Crippen molar-refractivity contribution in [3.63, 3.8) is 0 Å². The van der Waals surface area contributed by atoms with Gasteiger partial charge in [-0.1, -0.05) is 31.0 Å². The Balaban J connectivity index is 1.54. The largest absolute Gasteiger partial charge is 0.507 e. The molecule has 2 fully saturated rings. The molecule has 3 aromatic rings. The number of likely N-dealkylation sites (tertiary alicyclic amines) is 1. The van der Waals surface area contributed by atoms with Crippen LogP contribution in [0.2, 0.25) is 0 Å². The number of para-hydroxylation sites is 1. The van der Waals surface area contributed by atoms with Gasteiger partial charge in [-0.25, -0.2) is 0 Å². The van der Waals surface area contributed by atoms with Gasteiger partial charge in [-0.15, -0.1) is 0 Å². The van der Waals surface area contributed by atoms with E-state index in [1.54, 1.807) is 23.1 Å². The maximum atomic E-state index is 13.3. The lowest BCUT2D eigenvalue weighted by atomic mass is 9.94. The molecule has 3 aliphatic rings. The van der Waals surface area contributed by atoms with E-state index in [0.717, 1.165) is 42.1 Å². The number of aliphatic hydroxyl groups excluding tert-OH is 1. The van der Waals surface area contributed by atoms with Gasteiger partial charge in [0.25, 0.3) is 11.7 Å². The maximum Gasteiger partial charge on any atom is 0.295 e. The van der Waals surface area contributed by atoms with Gasteiger partial charge in [0.2, 0.25) is 0 Å². The van der Waals surface area contributed by atoms with Crippen LogP contribution in [0.5, 0.6) is 11.5 Å². The second-order valence-corrected chi connectivity index (χ2v) is 8.79. The number of H-pyrrole nitrogens is 1. The predicted octanol–water partition coefficient (Wildman–Crippen LogP) is 4.30. The third-order valence-electron chi connectivity index (χ3n) is 6.93. The number of ether oxygens (including phenoxy) is 2. The van der Waals surface area contributed by atoms with E-state index in [4.69, 9.17) is 9.47 Å². The number of aromatic amines is 1. The molecule has 1 aromatic heterocycles. The van der Waals surface area contributed by atoms with Crippen LogP contribution in [0.4, 0.5) is 0 Å². The van der Waals surface area contributed by atoms with E-state index in [1.807, 2.05) is 30.5 Å². The molecular weight excluding hydrogens is 420 g/mol. The first kappa shape index (κ1) is 19.9. The van der Waals surface area contributed by atoms with E-state index in [9.17, 15) is 14.7 Å². The molecule has 1 atom stereocenters. The molecule has 0 radical (unpaired) electrons. The molecule has 1 saturated carbocycles. The number of hydrogen-bond acceptors (Lipinski definition) is 5. The molecule has 33 heavy (non-hydrogen) atoms. The van der Waals surface area contributed by atoms with Crippen LogP contribution in [0.25, 0.3) is 16.7 Å². The van der Waals surface area contributed by atoms with E-state index in [0.29, 0.717) is 30.3 Å².